The molecule has 7 nitrogen and oxygen atoms in total. The van der Waals surface area contributed by atoms with Crippen molar-refractivity contribution in [1.82, 2.24) is 14.3 Å². The van der Waals surface area contributed by atoms with E-state index >= 15 is 0 Å². The van der Waals surface area contributed by atoms with Gasteiger partial charge in [0.15, 0.2) is 5.58 Å². The predicted molar refractivity (Wildman–Crippen MR) is 111 cm³/mol. The zero-order chi connectivity index (χ0) is 20.2. The molecule has 1 aliphatic heterocycles. The van der Waals surface area contributed by atoms with Crippen LogP contribution in [0.2, 0.25) is 5.02 Å². The van der Waals surface area contributed by atoms with Crippen molar-refractivity contribution in [3.05, 3.63) is 69.8 Å². The highest BCUT2D eigenvalue weighted by Gasteiger charge is 2.27. The molecule has 1 aliphatic rings. The second-order valence-corrected chi connectivity index (χ2v) is 9.28. The smallest absolute Gasteiger partial charge is 0.408 e. The fraction of sp³-hybridized carbons (Fsp3) is 0.150. The zero-order valence-corrected chi connectivity index (χ0v) is 16.7. The van der Waals surface area contributed by atoms with Crippen LogP contribution in [0.15, 0.2) is 62.8 Å². The number of oxazole rings is 1. The number of fused-ring (bicyclic) bond motifs is 2. The van der Waals surface area contributed by atoms with E-state index in [0.29, 0.717) is 23.5 Å². The van der Waals surface area contributed by atoms with Crippen LogP contribution in [-0.4, -0.2) is 35.8 Å². The van der Waals surface area contributed by atoms with Gasteiger partial charge in [-0.2, -0.15) is 4.31 Å². The standard InChI is InChI=1S/C20H16ClN3O4S/c21-13-1-3-17-15(9-13)16(11-22-17)12-5-7-24(8-6-12)29(26,27)14-2-4-18-19(10-14)28-20(25)23-18/h1-5,9-11,22H,6-8H2,(H,23,25). The summed E-state index contributed by atoms with van der Waals surface area (Å²) in [6, 6.07) is 10.1. The van der Waals surface area contributed by atoms with E-state index in [9.17, 15) is 13.2 Å². The molecule has 0 bridgehead atoms. The molecule has 9 heteroatoms. The third kappa shape index (κ3) is 3.09. The molecular formula is C20H16ClN3O4S. The summed E-state index contributed by atoms with van der Waals surface area (Å²) < 4.78 is 32.5. The first-order valence-corrected chi connectivity index (χ1v) is 10.8. The fourth-order valence-corrected chi connectivity index (χ4v) is 5.28. The summed E-state index contributed by atoms with van der Waals surface area (Å²) >= 11 is 6.13. The Bertz CT molecular complexity index is 1450. The minimum absolute atomic E-state index is 0.100. The van der Waals surface area contributed by atoms with E-state index in [-0.39, 0.29) is 17.0 Å². The molecule has 0 aliphatic carbocycles. The Morgan fingerprint density at radius 2 is 1.93 bits per heavy atom. The highest BCUT2D eigenvalue weighted by Crippen LogP contribution is 2.32. The van der Waals surface area contributed by atoms with Crippen molar-refractivity contribution >= 4 is 49.2 Å². The average Bonchev–Trinajstić information content (AvgIpc) is 3.29. The molecule has 0 fully saturated rings. The number of benzene rings is 2. The first-order chi connectivity index (χ1) is 13.9. The van der Waals surface area contributed by atoms with E-state index < -0.39 is 15.8 Å². The van der Waals surface area contributed by atoms with Gasteiger partial charge < -0.3 is 9.40 Å². The summed E-state index contributed by atoms with van der Waals surface area (Å²) in [6.45, 7) is 0.622. The van der Waals surface area contributed by atoms with Crippen molar-refractivity contribution in [2.24, 2.45) is 0 Å². The van der Waals surface area contributed by atoms with Crippen LogP contribution in [-0.2, 0) is 10.0 Å². The Kier molecular flexibility index (Phi) is 4.16. The molecule has 0 atom stereocenters. The van der Waals surface area contributed by atoms with Crippen LogP contribution in [0, 0.1) is 0 Å². The molecule has 2 N–H and O–H groups in total. The SMILES string of the molecule is O=c1[nH]c2ccc(S(=O)(=O)N3CC=C(c4c[nH]c5ccc(Cl)cc45)CC3)cc2o1. The minimum Gasteiger partial charge on any atom is -0.408 e. The van der Waals surface area contributed by atoms with Crippen LogP contribution in [0.25, 0.3) is 27.6 Å². The summed E-state index contributed by atoms with van der Waals surface area (Å²) in [7, 11) is -3.70. The second-order valence-electron chi connectivity index (χ2n) is 6.91. The van der Waals surface area contributed by atoms with Crippen molar-refractivity contribution in [1.29, 1.82) is 0 Å². The molecule has 5 rings (SSSR count). The maximum atomic E-state index is 13.0. The Morgan fingerprint density at radius 3 is 2.72 bits per heavy atom. The number of nitrogens with one attached hydrogen (secondary N) is 2. The molecule has 0 saturated carbocycles. The van der Waals surface area contributed by atoms with Crippen LogP contribution in [0.4, 0.5) is 0 Å². The van der Waals surface area contributed by atoms with Crippen molar-refractivity contribution in [3.63, 3.8) is 0 Å². The summed E-state index contributed by atoms with van der Waals surface area (Å²) in [5.41, 5.74) is 3.79. The zero-order valence-electron chi connectivity index (χ0n) is 15.1. The van der Waals surface area contributed by atoms with Gasteiger partial charge in [-0.3, -0.25) is 4.98 Å². The van der Waals surface area contributed by atoms with Crippen LogP contribution < -0.4 is 5.76 Å². The third-order valence-electron chi connectivity index (χ3n) is 5.19. The number of sulfonamides is 1. The number of aromatic amines is 2. The monoisotopic (exact) mass is 429 g/mol. The lowest BCUT2D eigenvalue weighted by atomic mass is 10.00. The number of nitrogens with zero attached hydrogens (tertiary/aromatic N) is 1. The lowest BCUT2D eigenvalue weighted by Gasteiger charge is -2.25. The summed E-state index contributed by atoms with van der Waals surface area (Å²) in [5, 5.41) is 1.68. The summed E-state index contributed by atoms with van der Waals surface area (Å²) in [6.07, 6.45) is 4.44. The number of rotatable bonds is 3. The maximum absolute atomic E-state index is 13.0. The highest BCUT2D eigenvalue weighted by molar-refractivity contribution is 7.89. The molecule has 29 heavy (non-hydrogen) atoms. The lowest BCUT2D eigenvalue weighted by molar-refractivity contribution is 0.441. The van der Waals surface area contributed by atoms with Gasteiger partial charge in [0.25, 0.3) is 0 Å². The van der Waals surface area contributed by atoms with E-state index in [1.807, 2.05) is 30.5 Å². The van der Waals surface area contributed by atoms with Gasteiger partial charge in [-0.25, -0.2) is 13.2 Å². The Morgan fingerprint density at radius 1 is 1.10 bits per heavy atom. The van der Waals surface area contributed by atoms with Gasteiger partial charge in [0, 0.05) is 46.8 Å². The lowest BCUT2D eigenvalue weighted by Crippen LogP contribution is -2.34. The van der Waals surface area contributed by atoms with Crippen molar-refractivity contribution in [3.8, 4) is 0 Å². The first kappa shape index (κ1) is 18.2. The Balaban J connectivity index is 1.45. The van der Waals surface area contributed by atoms with E-state index in [2.05, 4.69) is 9.97 Å². The minimum atomic E-state index is -3.70. The molecule has 2 aromatic carbocycles. The van der Waals surface area contributed by atoms with Crippen molar-refractivity contribution in [2.45, 2.75) is 11.3 Å². The van der Waals surface area contributed by atoms with Crippen LogP contribution in [0.3, 0.4) is 0 Å². The van der Waals surface area contributed by atoms with Gasteiger partial charge in [0.1, 0.15) is 0 Å². The molecule has 0 unspecified atom stereocenters. The Hall–Kier alpha value is -2.81. The van der Waals surface area contributed by atoms with Crippen LogP contribution >= 0.6 is 11.6 Å². The molecule has 148 valence electrons. The van der Waals surface area contributed by atoms with Gasteiger partial charge in [-0.1, -0.05) is 17.7 Å². The fourth-order valence-electron chi connectivity index (χ4n) is 3.71. The second kappa shape index (κ2) is 6.62. The number of halogens is 1. The molecule has 0 amide bonds. The van der Waals surface area contributed by atoms with Gasteiger partial charge >= 0.3 is 5.76 Å². The van der Waals surface area contributed by atoms with Crippen LogP contribution in [0.5, 0.6) is 0 Å². The topological polar surface area (TPSA) is 99.2 Å². The molecule has 3 heterocycles. The third-order valence-corrected chi connectivity index (χ3v) is 7.29. The van der Waals surface area contributed by atoms with E-state index in [1.165, 1.54) is 22.5 Å². The molecule has 4 aromatic rings. The van der Waals surface area contributed by atoms with Gasteiger partial charge in [-0.15, -0.1) is 0 Å². The number of hydrogen-bond acceptors (Lipinski definition) is 4. The summed E-state index contributed by atoms with van der Waals surface area (Å²) in [5.74, 6) is -0.612. The van der Waals surface area contributed by atoms with Crippen molar-refractivity contribution in [2.75, 3.05) is 13.1 Å². The molecular weight excluding hydrogens is 414 g/mol. The number of H-pyrrole nitrogens is 2. The number of hydrogen-bond donors (Lipinski definition) is 2. The largest absolute Gasteiger partial charge is 0.417 e. The number of aromatic nitrogens is 2. The van der Waals surface area contributed by atoms with Gasteiger partial charge in [-0.05, 0) is 42.3 Å². The highest BCUT2D eigenvalue weighted by atomic mass is 35.5. The van der Waals surface area contributed by atoms with E-state index in [4.69, 9.17) is 16.0 Å². The Labute approximate surface area is 170 Å². The maximum Gasteiger partial charge on any atom is 0.417 e. The first-order valence-electron chi connectivity index (χ1n) is 9.01. The van der Waals surface area contributed by atoms with Gasteiger partial charge in [0.05, 0.1) is 10.4 Å². The average molecular weight is 430 g/mol. The van der Waals surface area contributed by atoms with E-state index in [1.54, 1.807) is 0 Å². The molecule has 0 radical (unpaired) electrons. The molecule has 2 aromatic heterocycles. The van der Waals surface area contributed by atoms with Crippen molar-refractivity contribution < 1.29 is 12.8 Å². The normalized spacial score (nSPS) is 15.8. The quantitative estimate of drug-likeness (QED) is 0.518. The predicted octanol–water partition coefficient (Wildman–Crippen LogP) is 3.73. The molecule has 0 spiro atoms. The van der Waals surface area contributed by atoms with Gasteiger partial charge in [0.2, 0.25) is 10.0 Å². The van der Waals surface area contributed by atoms with E-state index in [0.717, 1.165) is 22.0 Å². The van der Waals surface area contributed by atoms with Crippen LogP contribution in [0.1, 0.15) is 12.0 Å². The molecule has 0 saturated heterocycles. The summed E-state index contributed by atoms with van der Waals surface area (Å²) in [4.78, 5) is 17.1.